The van der Waals surface area contributed by atoms with Gasteiger partial charge >= 0.3 is 7.12 Å². The van der Waals surface area contributed by atoms with Gasteiger partial charge in [0.15, 0.2) is 0 Å². The van der Waals surface area contributed by atoms with Gasteiger partial charge in [0.2, 0.25) is 0 Å². The first-order valence-electron chi connectivity index (χ1n) is 11.9. The summed E-state index contributed by atoms with van der Waals surface area (Å²) in [6, 6.07) is 18.7. The number of hydrogen-bond acceptors (Lipinski definition) is 4. The van der Waals surface area contributed by atoms with Crippen molar-refractivity contribution in [2.75, 3.05) is 0 Å². The molecule has 2 aliphatic rings. The van der Waals surface area contributed by atoms with Gasteiger partial charge in [-0.3, -0.25) is 4.98 Å². The first-order valence-corrected chi connectivity index (χ1v) is 11.9. The Bertz CT molecular complexity index is 1450. The molecule has 2 aromatic heterocycles. The maximum absolute atomic E-state index is 6.39. The molecule has 0 amide bonds. The number of allylic oxidation sites excluding steroid dienone is 4. The Balaban J connectivity index is 1.42. The van der Waals surface area contributed by atoms with Crippen LogP contribution in [0, 0.1) is 0 Å². The molecule has 0 saturated carbocycles. The fourth-order valence-corrected chi connectivity index (χ4v) is 4.86. The van der Waals surface area contributed by atoms with Gasteiger partial charge in [-0.2, -0.15) is 0 Å². The van der Waals surface area contributed by atoms with E-state index in [4.69, 9.17) is 13.7 Å². The molecule has 1 aliphatic carbocycles. The minimum atomic E-state index is -0.434. The molecule has 1 fully saturated rings. The highest BCUT2D eigenvalue weighted by molar-refractivity contribution is 6.66. The van der Waals surface area contributed by atoms with Crippen LogP contribution in [0.25, 0.3) is 33.1 Å². The minimum Gasteiger partial charge on any atom is -0.456 e. The summed E-state index contributed by atoms with van der Waals surface area (Å²) in [5.41, 5.74) is 6.84. The topological polar surface area (TPSA) is 44.5 Å². The molecule has 0 unspecified atom stereocenters. The quantitative estimate of drug-likeness (QED) is 0.333. The lowest BCUT2D eigenvalue weighted by molar-refractivity contribution is 0.00578. The molecule has 6 rings (SSSR count). The van der Waals surface area contributed by atoms with Crippen molar-refractivity contribution in [1.29, 1.82) is 0 Å². The molecule has 1 saturated heterocycles. The third-order valence-corrected chi connectivity index (χ3v) is 7.55. The highest BCUT2D eigenvalue weighted by atomic mass is 16.7. The van der Waals surface area contributed by atoms with Crippen molar-refractivity contribution in [3.05, 3.63) is 84.2 Å². The Morgan fingerprint density at radius 1 is 0.794 bits per heavy atom. The molecule has 0 atom stereocenters. The molecule has 0 spiro atoms. The Morgan fingerprint density at radius 2 is 1.56 bits per heavy atom. The maximum atomic E-state index is 6.39. The van der Waals surface area contributed by atoms with Gasteiger partial charge in [-0.05, 0) is 93.0 Å². The third kappa shape index (κ3) is 3.42. The molecule has 3 heterocycles. The zero-order chi connectivity index (χ0) is 23.5. The summed E-state index contributed by atoms with van der Waals surface area (Å²) >= 11 is 0. The molecule has 2 aromatic carbocycles. The fourth-order valence-electron chi connectivity index (χ4n) is 4.86. The van der Waals surface area contributed by atoms with Crippen LogP contribution in [-0.2, 0) is 9.31 Å². The van der Waals surface area contributed by atoms with Crippen molar-refractivity contribution in [2.45, 2.75) is 51.7 Å². The molecule has 0 N–H and O–H groups in total. The highest BCUT2D eigenvalue weighted by Crippen LogP contribution is 2.39. The molecule has 5 heteroatoms. The van der Waals surface area contributed by atoms with Crippen LogP contribution in [0.3, 0.4) is 0 Å². The monoisotopic (exact) mass is 449 g/mol. The van der Waals surface area contributed by atoms with E-state index in [0.717, 1.165) is 45.9 Å². The van der Waals surface area contributed by atoms with Crippen LogP contribution in [0.5, 0.6) is 0 Å². The van der Waals surface area contributed by atoms with E-state index in [9.17, 15) is 0 Å². The maximum Gasteiger partial charge on any atom is 0.495 e. The summed E-state index contributed by atoms with van der Waals surface area (Å²) in [5.74, 6) is 0. The fraction of sp³-hybridized carbons (Fsp3) is 0.276. The van der Waals surface area contributed by atoms with Crippen LogP contribution >= 0.6 is 0 Å². The van der Waals surface area contributed by atoms with Gasteiger partial charge in [0.25, 0.3) is 0 Å². The predicted molar refractivity (Wildman–Crippen MR) is 139 cm³/mol. The van der Waals surface area contributed by atoms with E-state index in [1.807, 2.05) is 30.5 Å². The summed E-state index contributed by atoms with van der Waals surface area (Å²) in [6.07, 6.45) is 8.24. The number of hydrogen-bond donors (Lipinski definition) is 0. The molecule has 1 aliphatic heterocycles. The van der Waals surface area contributed by atoms with Crippen LogP contribution in [0.1, 0.15) is 51.8 Å². The average Bonchev–Trinajstić information content (AvgIpc) is 3.32. The van der Waals surface area contributed by atoms with Gasteiger partial charge < -0.3 is 13.7 Å². The Hall–Kier alpha value is -3.15. The lowest BCUT2D eigenvalue weighted by Gasteiger charge is -2.32. The smallest absolute Gasteiger partial charge is 0.456 e. The largest absolute Gasteiger partial charge is 0.495 e. The third-order valence-electron chi connectivity index (χ3n) is 7.55. The average molecular weight is 449 g/mol. The second-order valence-electron chi connectivity index (χ2n) is 10.2. The number of pyridine rings is 1. The molecule has 34 heavy (non-hydrogen) atoms. The molecular weight excluding hydrogens is 421 g/mol. The van der Waals surface area contributed by atoms with E-state index in [-0.39, 0.29) is 0 Å². The van der Waals surface area contributed by atoms with Gasteiger partial charge in [0.05, 0.1) is 16.9 Å². The summed E-state index contributed by atoms with van der Waals surface area (Å²) in [4.78, 5) is 4.50. The Morgan fingerprint density at radius 3 is 2.26 bits per heavy atom. The van der Waals surface area contributed by atoms with Gasteiger partial charge in [-0.25, -0.2) is 0 Å². The van der Waals surface area contributed by atoms with E-state index in [2.05, 4.69) is 75.2 Å². The van der Waals surface area contributed by atoms with Crippen molar-refractivity contribution >= 4 is 45.7 Å². The van der Waals surface area contributed by atoms with E-state index in [1.165, 1.54) is 16.7 Å². The van der Waals surface area contributed by atoms with Crippen LogP contribution in [0.4, 0.5) is 0 Å². The molecule has 0 radical (unpaired) electrons. The van der Waals surface area contributed by atoms with Crippen molar-refractivity contribution in [2.24, 2.45) is 0 Å². The normalized spacial score (nSPS) is 19.5. The molecular formula is C29H28BNO3. The number of rotatable bonds is 3. The van der Waals surface area contributed by atoms with Crippen LogP contribution in [-0.4, -0.2) is 23.3 Å². The van der Waals surface area contributed by atoms with Gasteiger partial charge in [0.1, 0.15) is 11.2 Å². The Kier molecular flexibility index (Phi) is 4.84. The Labute approximate surface area is 200 Å². The first kappa shape index (κ1) is 21.4. The molecule has 0 bridgehead atoms. The summed E-state index contributed by atoms with van der Waals surface area (Å²) < 4.78 is 19.0. The van der Waals surface area contributed by atoms with Crippen LogP contribution < -0.4 is 5.46 Å². The standard InChI is InChI=1S/C29H28BNO3/c1-28(2)29(3,4)34-30(33-28)23-8-7-10-26-27(23)22-18-21(15-16-25(22)32-26)19-11-13-20(14-12-19)24-9-5-6-17-31-24/h5-11,13,15-18H,12,14H2,1-4H3. The zero-order valence-corrected chi connectivity index (χ0v) is 20.1. The van der Waals surface area contributed by atoms with Crippen molar-refractivity contribution < 1.29 is 13.7 Å². The molecule has 170 valence electrons. The minimum absolute atomic E-state index is 0.394. The molecule has 4 aromatic rings. The van der Waals surface area contributed by atoms with E-state index < -0.39 is 18.3 Å². The van der Waals surface area contributed by atoms with Crippen molar-refractivity contribution in [3.8, 4) is 0 Å². The number of nitrogens with zero attached hydrogens (tertiary/aromatic N) is 1. The van der Waals surface area contributed by atoms with E-state index >= 15 is 0 Å². The first-order chi connectivity index (χ1) is 16.3. The lowest BCUT2D eigenvalue weighted by atomic mass is 9.76. The summed E-state index contributed by atoms with van der Waals surface area (Å²) in [6.45, 7) is 8.34. The van der Waals surface area contributed by atoms with Crippen LogP contribution in [0.15, 0.2) is 77.4 Å². The summed E-state index contributed by atoms with van der Waals surface area (Å²) in [5, 5.41) is 2.16. The summed E-state index contributed by atoms with van der Waals surface area (Å²) in [7, 11) is -0.434. The second-order valence-corrected chi connectivity index (χ2v) is 10.2. The number of benzene rings is 2. The highest BCUT2D eigenvalue weighted by Gasteiger charge is 2.52. The number of furan rings is 1. The molecule has 4 nitrogen and oxygen atoms in total. The van der Waals surface area contributed by atoms with Crippen LogP contribution in [0.2, 0.25) is 0 Å². The zero-order valence-electron chi connectivity index (χ0n) is 20.1. The van der Waals surface area contributed by atoms with Crippen molar-refractivity contribution in [3.63, 3.8) is 0 Å². The van der Waals surface area contributed by atoms with Gasteiger partial charge in [-0.1, -0.05) is 36.4 Å². The number of fused-ring (bicyclic) bond motifs is 3. The second kappa shape index (κ2) is 7.69. The SMILES string of the molecule is CC1(C)OB(c2cccc3oc4ccc(C5=CC=C(c6ccccn6)CC5)cc4c23)OC1(C)C. The van der Waals surface area contributed by atoms with Gasteiger partial charge in [-0.15, -0.1) is 0 Å². The lowest BCUT2D eigenvalue weighted by Crippen LogP contribution is -2.41. The number of aromatic nitrogens is 1. The van der Waals surface area contributed by atoms with E-state index in [1.54, 1.807) is 0 Å². The van der Waals surface area contributed by atoms with Crippen molar-refractivity contribution in [1.82, 2.24) is 4.98 Å². The van der Waals surface area contributed by atoms with E-state index in [0.29, 0.717) is 0 Å². The predicted octanol–water partition coefficient (Wildman–Crippen LogP) is 6.54. The van der Waals surface area contributed by atoms with Gasteiger partial charge in [0, 0.05) is 17.0 Å².